The Labute approximate surface area is 134 Å². The maximum Gasteiger partial charge on any atom is 0.316 e. The number of rotatable bonds is 5. The SMILES string of the molecule is NC(=O)Nc1cccc(C(=O)N[C@H](c2ccccc2)C2CC2)c1. The van der Waals surface area contributed by atoms with Gasteiger partial charge in [-0.05, 0) is 42.5 Å². The number of benzene rings is 2. The van der Waals surface area contributed by atoms with Gasteiger partial charge in [-0.2, -0.15) is 0 Å². The Morgan fingerprint density at radius 1 is 1.04 bits per heavy atom. The Hall–Kier alpha value is -2.82. The molecular weight excluding hydrogens is 290 g/mol. The van der Waals surface area contributed by atoms with Crippen LogP contribution in [0.15, 0.2) is 54.6 Å². The highest BCUT2D eigenvalue weighted by molar-refractivity contribution is 5.96. The third-order valence-corrected chi connectivity index (χ3v) is 3.93. The first kappa shape index (κ1) is 15.1. The van der Waals surface area contributed by atoms with Gasteiger partial charge < -0.3 is 16.4 Å². The topological polar surface area (TPSA) is 84.2 Å². The van der Waals surface area contributed by atoms with E-state index in [-0.39, 0.29) is 11.9 Å². The summed E-state index contributed by atoms with van der Waals surface area (Å²) in [5.41, 5.74) is 7.23. The molecule has 5 heteroatoms. The van der Waals surface area contributed by atoms with Crippen LogP contribution < -0.4 is 16.4 Å². The van der Waals surface area contributed by atoms with E-state index in [4.69, 9.17) is 5.73 Å². The van der Waals surface area contributed by atoms with Gasteiger partial charge in [0, 0.05) is 11.3 Å². The lowest BCUT2D eigenvalue weighted by atomic mass is 10.0. The Morgan fingerprint density at radius 3 is 2.43 bits per heavy atom. The van der Waals surface area contributed by atoms with E-state index in [9.17, 15) is 9.59 Å². The van der Waals surface area contributed by atoms with E-state index in [0.29, 0.717) is 17.2 Å². The van der Waals surface area contributed by atoms with E-state index in [1.54, 1.807) is 24.3 Å². The molecule has 0 spiro atoms. The van der Waals surface area contributed by atoms with E-state index < -0.39 is 6.03 Å². The second-order valence-electron chi connectivity index (χ2n) is 5.77. The first-order valence-electron chi connectivity index (χ1n) is 7.66. The first-order chi connectivity index (χ1) is 11.1. The van der Waals surface area contributed by atoms with E-state index in [1.165, 1.54) is 0 Å². The van der Waals surface area contributed by atoms with Crippen molar-refractivity contribution in [1.82, 2.24) is 5.32 Å². The normalized spacial score (nSPS) is 14.8. The van der Waals surface area contributed by atoms with Crippen molar-refractivity contribution in [2.75, 3.05) is 5.32 Å². The summed E-state index contributed by atoms with van der Waals surface area (Å²) >= 11 is 0. The van der Waals surface area contributed by atoms with Crippen LogP contribution in [0.3, 0.4) is 0 Å². The van der Waals surface area contributed by atoms with Gasteiger partial charge in [-0.1, -0.05) is 36.4 Å². The van der Waals surface area contributed by atoms with Crippen LogP contribution in [0.4, 0.5) is 10.5 Å². The highest BCUT2D eigenvalue weighted by Crippen LogP contribution is 2.41. The minimum atomic E-state index is -0.650. The van der Waals surface area contributed by atoms with Crippen LogP contribution in [-0.2, 0) is 0 Å². The number of primary amides is 1. The molecular formula is C18H19N3O2. The van der Waals surface area contributed by atoms with Crippen molar-refractivity contribution >= 4 is 17.6 Å². The van der Waals surface area contributed by atoms with Crippen LogP contribution in [0.5, 0.6) is 0 Å². The van der Waals surface area contributed by atoms with Crippen molar-refractivity contribution in [3.05, 3.63) is 65.7 Å². The van der Waals surface area contributed by atoms with Crippen molar-refractivity contribution in [2.24, 2.45) is 11.7 Å². The fourth-order valence-electron chi connectivity index (χ4n) is 2.67. The standard InChI is InChI=1S/C18H19N3O2/c19-18(23)20-15-8-4-7-14(11-15)17(22)21-16(13-9-10-13)12-5-2-1-3-6-12/h1-8,11,13,16H,9-10H2,(H,21,22)(H3,19,20,23)/t16-/m1/s1. The summed E-state index contributed by atoms with van der Waals surface area (Å²) in [6.07, 6.45) is 2.26. The number of hydrogen-bond acceptors (Lipinski definition) is 2. The van der Waals surface area contributed by atoms with E-state index in [2.05, 4.69) is 10.6 Å². The smallest absolute Gasteiger partial charge is 0.316 e. The zero-order valence-corrected chi connectivity index (χ0v) is 12.7. The lowest BCUT2D eigenvalue weighted by Crippen LogP contribution is -2.30. The van der Waals surface area contributed by atoms with Crippen molar-refractivity contribution in [3.8, 4) is 0 Å². The van der Waals surface area contributed by atoms with Crippen LogP contribution in [-0.4, -0.2) is 11.9 Å². The van der Waals surface area contributed by atoms with Crippen molar-refractivity contribution in [1.29, 1.82) is 0 Å². The first-order valence-corrected chi connectivity index (χ1v) is 7.66. The number of nitrogens with two attached hydrogens (primary N) is 1. The fraction of sp³-hybridized carbons (Fsp3) is 0.222. The molecule has 0 saturated heterocycles. The summed E-state index contributed by atoms with van der Waals surface area (Å²) in [7, 11) is 0. The molecule has 1 atom stereocenters. The highest BCUT2D eigenvalue weighted by Gasteiger charge is 2.33. The van der Waals surface area contributed by atoms with Gasteiger partial charge >= 0.3 is 6.03 Å². The van der Waals surface area contributed by atoms with Crippen molar-refractivity contribution in [3.63, 3.8) is 0 Å². The third-order valence-electron chi connectivity index (χ3n) is 3.93. The van der Waals surface area contributed by atoms with E-state index >= 15 is 0 Å². The lowest BCUT2D eigenvalue weighted by molar-refractivity contribution is 0.0931. The molecule has 0 aliphatic heterocycles. The van der Waals surface area contributed by atoms with Gasteiger partial charge in [0.1, 0.15) is 0 Å². The van der Waals surface area contributed by atoms with Crippen LogP contribution in [0.1, 0.15) is 34.8 Å². The second-order valence-corrected chi connectivity index (χ2v) is 5.77. The number of hydrogen-bond donors (Lipinski definition) is 3. The number of urea groups is 1. The number of amides is 3. The Balaban J connectivity index is 1.76. The summed E-state index contributed by atoms with van der Waals surface area (Å²) in [4.78, 5) is 23.5. The van der Waals surface area contributed by atoms with Gasteiger partial charge in [0.25, 0.3) is 5.91 Å². The third kappa shape index (κ3) is 3.88. The molecule has 5 nitrogen and oxygen atoms in total. The fourth-order valence-corrected chi connectivity index (χ4v) is 2.67. The van der Waals surface area contributed by atoms with Crippen molar-refractivity contribution < 1.29 is 9.59 Å². The Kier molecular flexibility index (Phi) is 4.28. The number of carbonyl (C=O) groups is 2. The molecule has 1 saturated carbocycles. The van der Waals surface area contributed by atoms with Gasteiger partial charge in [-0.25, -0.2) is 4.79 Å². The molecule has 3 rings (SSSR count). The number of nitrogens with one attached hydrogen (secondary N) is 2. The van der Waals surface area contributed by atoms with Gasteiger partial charge in [-0.3, -0.25) is 4.79 Å². The molecule has 3 amide bonds. The minimum Gasteiger partial charge on any atom is -0.351 e. The predicted molar refractivity (Wildman–Crippen MR) is 89.0 cm³/mol. The van der Waals surface area contributed by atoms with E-state index in [0.717, 1.165) is 18.4 Å². The second kappa shape index (κ2) is 6.52. The minimum absolute atomic E-state index is 0.0245. The zero-order chi connectivity index (χ0) is 16.2. The molecule has 0 heterocycles. The molecule has 1 fully saturated rings. The van der Waals surface area contributed by atoms with Gasteiger partial charge in [0.15, 0.2) is 0 Å². The average molecular weight is 309 g/mol. The van der Waals surface area contributed by atoms with Gasteiger partial charge in [-0.15, -0.1) is 0 Å². The van der Waals surface area contributed by atoms with Crippen LogP contribution >= 0.6 is 0 Å². The summed E-state index contributed by atoms with van der Waals surface area (Å²) in [6.45, 7) is 0. The predicted octanol–water partition coefficient (Wildman–Crippen LogP) is 3.06. The largest absolute Gasteiger partial charge is 0.351 e. The molecule has 4 N–H and O–H groups in total. The monoisotopic (exact) mass is 309 g/mol. The quantitative estimate of drug-likeness (QED) is 0.793. The maximum absolute atomic E-state index is 12.5. The van der Waals surface area contributed by atoms with Crippen LogP contribution in [0, 0.1) is 5.92 Å². The molecule has 0 unspecified atom stereocenters. The number of carbonyl (C=O) groups excluding carboxylic acids is 2. The molecule has 1 aliphatic rings. The molecule has 0 bridgehead atoms. The summed E-state index contributed by atoms with van der Waals surface area (Å²) in [5.74, 6) is 0.340. The summed E-state index contributed by atoms with van der Waals surface area (Å²) < 4.78 is 0. The lowest BCUT2D eigenvalue weighted by Gasteiger charge is -2.19. The molecule has 118 valence electrons. The average Bonchev–Trinajstić information content (AvgIpc) is 3.37. The Morgan fingerprint density at radius 2 is 1.78 bits per heavy atom. The molecule has 0 aromatic heterocycles. The molecule has 1 aliphatic carbocycles. The van der Waals surface area contributed by atoms with Gasteiger partial charge in [0.2, 0.25) is 0 Å². The molecule has 23 heavy (non-hydrogen) atoms. The summed E-state index contributed by atoms with van der Waals surface area (Å²) in [6, 6.07) is 16.1. The van der Waals surface area contributed by atoms with Crippen molar-refractivity contribution in [2.45, 2.75) is 18.9 Å². The molecule has 2 aromatic rings. The van der Waals surface area contributed by atoms with Gasteiger partial charge in [0.05, 0.1) is 6.04 Å². The maximum atomic E-state index is 12.5. The molecule has 0 radical (unpaired) electrons. The van der Waals surface area contributed by atoms with E-state index in [1.807, 2.05) is 30.3 Å². The summed E-state index contributed by atoms with van der Waals surface area (Å²) in [5, 5.41) is 5.59. The Bertz CT molecular complexity index is 711. The van der Waals surface area contributed by atoms with Crippen LogP contribution in [0.2, 0.25) is 0 Å². The number of anilines is 1. The molecule has 2 aromatic carbocycles. The zero-order valence-electron chi connectivity index (χ0n) is 12.7. The van der Waals surface area contributed by atoms with Crippen LogP contribution in [0.25, 0.3) is 0 Å². The highest BCUT2D eigenvalue weighted by atomic mass is 16.2.